The van der Waals surface area contributed by atoms with Crippen LogP contribution in [0.25, 0.3) is 5.69 Å². The van der Waals surface area contributed by atoms with E-state index in [0.29, 0.717) is 35.6 Å². The van der Waals surface area contributed by atoms with Crippen molar-refractivity contribution < 1.29 is 13.2 Å². The Morgan fingerprint density at radius 2 is 1.54 bits per heavy atom. The van der Waals surface area contributed by atoms with Gasteiger partial charge in [-0.05, 0) is 63.8 Å². The maximum Gasteiger partial charge on any atom is 0.296 e. The Bertz CT molecular complexity index is 1410. The van der Waals surface area contributed by atoms with Gasteiger partial charge in [0.25, 0.3) is 15.6 Å². The second-order valence-corrected chi connectivity index (χ2v) is 11.0. The smallest absolute Gasteiger partial charge is 0.296 e. The van der Waals surface area contributed by atoms with Crippen molar-refractivity contribution in [3.8, 4) is 5.69 Å². The van der Waals surface area contributed by atoms with Crippen LogP contribution in [0.5, 0.6) is 0 Å². The van der Waals surface area contributed by atoms with Gasteiger partial charge in [-0.25, -0.2) is 17.4 Å². The van der Waals surface area contributed by atoms with Crippen molar-refractivity contribution in [3.05, 3.63) is 75.2 Å². The topological polar surface area (TPSA) is 84.6 Å². The van der Waals surface area contributed by atoms with E-state index in [1.54, 1.807) is 61.7 Å². The summed E-state index contributed by atoms with van der Waals surface area (Å²) < 4.78 is 32.5. The average Bonchev–Trinajstić information content (AvgIpc) is 3.40. The van der Waals surface area contributed by atoms with Crippen LogP contribution < -0.4 is 9.86 Å². The van der Waals surface area contributed by atoms with Gasteiger partial charge in [-0.15, -0.1) is 0 Å². The number of aromatic nitrogens is 2. The maximum atomic E-state index is 14.2. The molecule has 35 heavy (non-hydrogen) atoms. The molecule has 4 rings (SSSR count). The normalized spacial score (nSPS) is 13.9. The molecule has 0 radical (unpaired) electrons. The van der Waals surface area contributed by atoms with Crippen LogP contribution in [0.4, 0.5) is 5.69 Å². The molecule has 1 fully saturated rings. The summed E-state index contributed by atoms with van der Waals surface area (Å²) in [6.07, 6.45) is 1.78. The third-order valence-corrected chi connectivity index (χ3v) is 8.72. The zero-order chi connectivity index (χ0) is 25.5. The highest BCUT2D eigenvalue weighted by atomic mass is 32.2. The molecule has 0 N–H and O–H groups in total. The van der Waals surface area contributed by atoms with Crippen LogP contribution in [0.15, 0.2) is 52.2 Å². The Morgan fingerprint density at radius 1 is 0.971 bits per heavy atom. The molecule has 1 aliphatic rings. The third kappa shape index (κ3) is 4.40. The summed E-state index contributed by atoms with van der Waals surface area (Å²) in [6.45, 7) is 7.86. The molecule has 9 heteroatoms. The minimum Gasteiger partial charge on any atom is -0.341 e. The Labute approximate surface area is 206 Å². The summed E-state index contributed by atoms with van der Waals surface area (Å²) in [6, 6.07) is 12.7. The second kappa shape index (κ2) is 9.37. The van der Waals surface area contributed by atoms with Gasteiger partial charge in [0.05, 0.1) is 16.3 Å². The standard InChI is InChI=1S/C26H32N4O4S/c1-18-15-19(2)25(20(3)16-18)35(33,34)29(17-23(31)28-13-9-10-14-28)24-21(4)27(5)30(26(24)32)22-11-7-6-8-12-22/h6-8,11-12,15-16H,9-10,13-14,17H2,1-5H3. The fourth-order valence-electron chi connectivity index (χ4n) is 5.00. The number of anilines is 1. The molecule has 1 saturated heterocycles. The van der Waals surface area contributed by atoms with Crippen LogP contribution in [0.3, 0.4) is 0 Å². The third-order valence-electron chi connectivity index (χ3n) is 6.66. The molecule has 0 unspecified atom stereocenters. The first-order valence-corrected chi connectivity index (χ1v) is 13.2. The SMILES string of the molecule is Cc1cc(C)c(S(=O)(=O)N(CC(=O)N2CCCC2)c2c(C)n(C)n(-c3ccccc3)c2=O)c(C)c1. The number of hydrogen-bond acceptors (Lipinski definition) is 4. The quantitative estimate of drug-likeness (QED) is 0.525. The molecule has 3 aromatic rings. The Balaban J connectivity index is 1.93. The predicted octanol–water partition coefficient (Wildman–Crippen LogP) is 3.23. The summed E-state index contributed by atoms with van der Waals surface area (Å²) in [5.74, 6) is -0.303. The number of hydrogen-bond donors (Lipinski definition) is 0. The maximum absolute atomic E-state index is 14.2. The Kier molecular flexibility index (Phi) is 6.64. The van der Waals surface area contributed by atoms with Crippen molar-refractivity contribution in [2.45, 2.75) is 45.4 Å². The molecular weight excluding hydrogens is 464 g/mol. The van der Waals surface area contributed by atoms with Crippen molar-refractivity contribution in [3.63, 3.8) is 0 Å². The van der Waals surface area contributed by atoms with Gasteiger partial charge in [-0.3, -0.25) is 14.3 Å². The number of carbonyl (C=O) groups excluding carboxylic acids is 1. The molecule has 186 valence electrons. The second-order valence-electron chi connectivity index (χ2n) is 9.24. The molecule has 0 saturated carbocycles. The molecule has 2 aromatic carbocycles. The van der Waals surface area contributed by atoms with Gasteiger partial charge in [0.15, 0.2) is 0 Å². The van der Waals surface area contributed by atoms with E-state index in [0.717, 1.165) is 22.7 Å². The van der Waals surface area contributed by atoms with Crippen molar-refractivity contribution in [1.29, 1.82) is 0 Å². The first-order chi connectivity index (χ1) is 16.5. The van der Waals surface area contributed by atoms with E-state index in [4.69, 9.17) is 0 Å². The zero-order valence-corrected chi connectivity index (χ0v) is 21.7. The lowest BCUT2D eigenvalue weighted by molar-refractivity contribution is -0.128. The zero-order valence-electron chi connectivity index (χ0n) is 20.9. The van der Waals surface area contributed by atoms with Gasteiger partial charge in [0, 0.05) is 20.1 Å². The van der Waals surface area contributed by atoms with Crippen molar-refractivity contribution in [2.24, 2.45) is 7.05 Å². The summed E-state index contributed by atoms with van der Waals surface area (Å²) in [7, 11) is -2.52. The fraction of sp³-hybridized carbons (Fsp3) is 0.385. The van der Waals surface area contributed by atoms with E-state index in [1.165, 1.54) is 4.68 Å². The summed E-state index contributed by atoms with van der Waals surface area (Å²) in [5.41, 5.74) is 2.68. The molecule has 1 aromatic heterocycles. The first-order valence-electron chi connectivity index (χ1n) is 11.8. The summed E-state index contributed by atoms with van der Waals surface area (Å²) in [4.78, 5) is 28.8. The number of carbonyl (C=O) groups is 1. The number of sulfonamides is 1. The number of para-hydroxylation sites is 1. The molecule has 1 aliphatic heterocycles. The number of amides is 1. The first kappa shape index (κ1) is 24.8. The van der Waals surface area contributed by atoms with E-state index in [1.807, 2.05) is 25.1 Å². The van der Waals surface area contributed by atoms with Crippen molar-refractivity contribution >= 4 is 21.6 Å². The number of aryl methyl sites for hydroxylation is 3. The van der Waals surface area contributed by atoms with Crippen LogP contribution >= 0.6 is 0 Å². The van der Waals surface area contributed by atoms with Crippen LogP contribution in [0.2, 0.25) is 0 Å². The molecule has 0 aliphatic carbocycles. The van der Waals surface area contributed by atoms with Crippen molar-refractivity contribution in [1.82, 2.24) is 14.3 Å². The van der Waals surface area contributed by atoms with Gasteiger partial charge in [-0.2, -0.15) is 0 Å². The van der Waals surface area contributed by atoms with Crippen LogP contribution in [0.1, 0.15) is 35.2 Å². The minimum atomic E-state index is -4.23. The van der Waals surface area contributed by atoms with E-state index in [2.05, 4.69) is 0 Å². The highest BCUT2D eigenvalue weighted by Gasteiger charge is 2.36. The Hall–Kier alpha value is -3.33. The highest BCUT2D eigenvalue weighted by molar-refractivity contribution is 7.93. The number of benzene rings is 2. The van der Waals surface area contributed by atoms with Crippen LogP contribution in [0, 0.1) is 27.7 Å². The van der Waals surface area contributed by atoms with Gasteiger partial charge in [0.2, 0.25) is 5.91 Å². The van der Waals surface area contributed by atoms with E-state index in [-0.39, 0.29) is 16.5 Å². The molecule has 8 nitrogen and oxygen atoms in total. The molecule has 2 heterocycles. The molecule has 1 amide bonds. The van der Waals surface area contributed by atoms with Crippen LogP contribution in [-0.2, 0) is 21.9 Å². The van der Waals surface area contributed by atoms with Gasteiger partial charge < -0.3 is 4.90 Å². The summed E-state index contributed by atoms with van der Waals surface area (Å²) in [5, 5.41) is 0. The van der Waals surface area contributed by atoms with Gasteiger partial charge >= 0.3 is 0 Å². The molecular formula is C26H32N4O4S. The lowest BCUT2D eigenvalue weighted by atomic mass is 10.1. The fourth-order valence-corrected chi connectivity index (χ4v) is 6.88. The number of rotatable bonds is 6. The average molecular weight is 497 g/mol. The van der Waals surface area contributed by atoms with E-state index >= 15 is 0 Å². The Morgan fingerprint density at radius 3 is 2.11 bits per heavy atom. The monoisotopic (exact) mass is 496 g/mol. The number of likely N-dealkylation sites (tertiary alicyclic amines) is 1. The van der Waals surface area contributed by atoms with E-state index < -0.39 is 22.1 Å². The van der Waals surface area contributed by atoms with Gasteiger partial charge in [-0.1, -0.05) is 35.9 Å². The minimum absolute atomic E-state index is 0.0109. The highest BCUT2D eigenvalue weighted by Crippen LogP contribution is 2.30. The van der Waals surface area contributed by atoms with E-state index in [9.17, 15) is 18.0 Å². The largest absolute Gasteiger partial charge is 0.341 e. The predicted molar refractivity (Wildman–Crippen MR) is 137 cm³/mol. The molecule has 0 bridgehead atoms. The van der Waals surface area contributed by atoms with Crippen LogP contribution in [-0.4, -0.2) is 48.2 Å². The summed E-state index contributed by atoms with van der Waals surface area (Å²) >= 11 is 0. The molecule has 0 spiro atoms. The number of nitrogens with zero attached hydrogens (tertiary/aromatic N) is 4. The molecule has 0 atom stereocenters. The van der Waals surface area contributed by atoms with Crippen molar-refractivity contribution in [2.75, 3.05) is 23.9 Å². The lowest BCUT2D eigenvalue weighted by Crippen LogP contribution is -2.44. The lowest BCUT2D eigenvalue weighted by Gasteiger charge is -2.27. The van der Waals surface area contributed by atoms with Gasteiger partial charge in [0.1, 0.15) is 12.2 Å².